The zero-order valence-electron chi connectivity index (χ0n) is 10.5. The van der Waals surface area contributed by atoms with E-state index in [9.17, 15) is 0 Å². The van der Waals surface area contributed by atoms with Gasteiger partial charge in [-0.15, -0.1) is 11.6 Å². The lowest BCUT2D eigenvalue weighted by Crippen LogP contribution is -2.11. The molecule has 0 amide bonds. The highest BCUT2D eigenvalue weighted by Crippen LogP contribution is 2.17. The summed E-state index contributed by atoms with van der Waals surface area (Å²) in [5.41, 5.74) is 3.24. The molecule has 4 heteroatoms. The molecule has 1 unspecified atom stereocenters. The molecule has 1 atom stereocenters. The second-order valence-electron chi connectivity index (χ2n) is 4.99. The Bertz CT molecular complexity index is 504. The molecule has 2 heterocycles. The number of aryl methyl sites for hydroxylation is 1. The molecular weight excluding hydrogens is 234 g/mol. The Labute approximate surface area is 107 Å². The summed E-state index contributed by atoms with van der Waals surface area (Å²) in [7, 11) is 0. The maximum Gasteiger partial charge on any atom is 0.155 e. The molecule has 2 aromatic rings. The van der Waals surface area contributed by atoms with Gasteiger partial charge in [0, 0.05) is 17.5 Å². The summed E-state index contributed by atoms with van der Waals surface area (Å²) in [5.74, 6) is 0.619. The van der Waals surface area contributed by atoms with Crippen molar-refractivity contribution in [3.63, 3.8) is 0 Å². The van der Waals surface area contributed by atoms with Crippen molar-refractivity contribution in [2.45, 2.75) is 39.0 Å². The predicted octanol–water partition coefficient (Wildman–Crippen LogP) is 3.23. The highest BCUT2D eigenvalue weighted by atomic mass is 35.5. The van der Waals surface area contributed by atoms with Crippen LogP contribution in [0, 0.1) is 12.8 Å². The van der Waals surface area contributed by atoms with Crippen molar-refractivity contribution in [3.05, 3.63) is 29.7 Å². The van der Waals surface area contributed by atoms with Gasteiger partial charge in [0.05, 0.1) is 0 Å². The molecule has 0 aliphatic carbocycles. The van der Waals surface area contributed by atoms with Crippen molar-refractivity contribution in [1.82, 2.24) is 14.6 Å². The van der Waals surface area contributed by atoms with Crippen LogP contribution in [0.4, 0.5) is 0 Å². The maximum atomic E-state index is 6.37. The fraction of sp³-hybridized carbons (Fsp3) is 0.538. The Morgan fingerprint density at radius 3 is 2.82 bits per heavy atom. The fourth-order valence-electron chi connectivity index (χ4n) is 2.11. The number of alkyl halides is 1. The van der Waals surface area contributed by atoms with Crippen LogP contribution in [0.5, 0.6) is 0 Å². The number of halogens is 1. The molecule has 17 heavy (non-hydrogen) atoms. The molecule has 0 aliphatic heterocycles. The minimum Gasteiger partial charge on any atom is -0.218 e. The molecule has 0 N–H and O–H groups in total. The molecule has 0 saturated carbocycles. The van der Waals surface area contributed by atoms with Crippen molar-refractivity contribution in [3.8, 4) is 0 Å². The third kappa shape index (κ3) is 2.97. The van der Waals surface area contributed by atoms with E-state index in [0.29, 0.717) is 5.92 Å². The van der Waals surface area contributed by atoms with E-state index in [1.54, 1.807) is 6.33 Å². The lowest BCUT2D eigenvalue weighted by atomic mass is 10.0. The van der Waals surface area contributed by atoms with Crippen molar-refractivity contribution in [2.75, 3.05) is 0 Å². The van der Waals surface area contributed by atoms with Crippen LogP contribution in [-0.4, -0.2) is 20.0 Å². The van der Waals surface area contributed by atoms with Crippen molar-refractivity contribution >= 4 is 17.2 Å². The quantitative estimate of drug-likeness (QED) is 0.781. The number of hydrogen-bond acceptors (Lipinski definition) is 2. The molecule has 0 bridgehead atoms. The van der Waals surface area contributed by atoms with Gasteiger partial charge < -0.3 is 0 Å². The van der Waals surface area contributed by atoms with Gasteiger partial charge in [-0.2, -0.15) is 5.10 Å². The highest BCUT2D eigenvalue weighted by Gasteiger charge is 2.12. The van der Waals surface area contributed by atoms with Gasteiger partial charge in [-0.3, -0.25) is 0 Å². The van der Waals surface area contributed by atoms with Crippen LogP contribution >= 0.6 is 11.6 Å². The summed E-state index contributed by atoms with van der Waals surface area (Å²) in [4.78, 5) is 4.22. The second kappa shape index (κ2) is 5.05. The molecule has 0 saturated heterocycles. The Balaban J connectivity index is 2.25. The molecule has 2 rings (SSSR count). The van der Waals surface area contributed by atoms with Gasteiger partial charge in [-0.05, 0) is 37.0 Å². The van der Waals surface area contributed by atoms with E-state index < -0.39 is 0 Å². The first-order valence-corrected chi connectivity index (χ1v) is 6.43. The SMILES string of the molecule is Cc1cc(CC(Cl)CC(C)C)n2ncnc2c1. The molecule has 92 valence electrons. The third-order valence-electron chi connectivity index (χ3n) is 2.76. The van der Waals surface area contributed by atoms with Gasteiger partial charge in [0.1, 0.15) is 6.33 Å². The predicted molar refractivity (Wildman–Crippen MR) is 70.5 cm³/mol. The van der Waals surface area contributed by atoms with E-state index in [2.05, 4.69) is 36.9 Å². The third-order valence-corrected chi connectivity index (χ3v) is 3.09. The smallest absolute Gasteiger partial charge is 0.155 e. The summed E-state index contributed by atoms with van der Waals surface area (Å²) >= 11 is 6.37. The highest BCUT2D eigenvalue weighted by molar-refractivity contribution is 6.20. The number of pyridine rings is 1. The molecular formula is C13H18ClN3. The van der Waals surface area contributed by atoms with Gasteiger partial charge in [-0.1, -0.05) is 13.8 Å². The van der Waals surface area contributed by atoms with Crippen LogP contribution in [0.3, 0.4) is 0 Å². The number of rotatable bonds is 4. The number of fused-ring (bicyclic) bond motifs is 1. The van der Waals surface area contributed by atoms with E-state index >= 15 is 0 Å². The second-order valence-corrected chi connectivity index (χ2v) is 5.60. The van der Waals surface area contributed by atoms with Crippen LogP contribution in [0.25, 0.3) is 5.65 Å². The Morgan fingerprint density at radius 2 is 2.12 bits per heavy atom. The van der Waals surface area contributed by atoms with Crippen LogP contribution in [0.15, 0.2) is 18.5 Å². The largest absolute Gasteiger partial charge is 0.218 e. The Morgan fingerprint density at radius 1 is 1.35 bits per heavy atom. The number of aromatic nitrogens is 3. The normalized spacial score (nSPS) is 13.5. The Hall–Kier alpha value is -1.09. The summed E-state index contributed by atoms with van der Waals surface area (Å²) in [5, 5.41) is 4.40. The van der Waals surface area contributed by atoms with Crippen LogP contribution in [0.1, 0.15) is 31.5 Å². The first-order chi connectivity index (χ1) is 8.06. The van der Waals surface area contributed by atoms with E-state index in [-0.39, 0.29) is 5.38 Å². The van der Waals surface area contributed by atoms with Gasteiger partial charge >= 0.3 is 0 Å². The van der Waals surface area contributed by atoms with E-state index in [1.807, 2.05) is 10.6 Å². The molecule has 2 aromatic heterocycles. The van der Waals surface area contributed by atoms with E-state index in [4.69, 9.17) is 11.6 Å². The van der Waals surface area contributed by atoms with Gasteiger partial charge in [0.25, 0.3) is 0 Å². The molecule has 0 aromatic carbocycles. The minimum absolute atomic E-state index is 0.157. The van der Waals surface area contributed by atoms with Crippen LogP contribution < -0.4 is 0 Å². The molecule has 0 fully saturated rings. The molecule has 3 nitrogen and oxygen atoms in total. The van der Waals surface area contributed by atoms with E-state index in [1.165, 1.54) is 5.56 Å². The number of nitrogens with zero attached hydrogens (tertiary/aromatic N) is 3. The van der Waals surface area contributed by atoms with Gasteiger partial charge in [0.15, 0.2) is 5.65 Å². The summed E-state index contributed by atoms with van der Waals surface area (Å²) < 4.78 is 1.88. The Kier molecular flexibility index (Phi) is 3.67. The standard InChI is InChI=1S/C13H18ClN3/c1-9(2)4-11(14)7-12-5-10(3)6-13-15-8-16-17(12)13/h5-6,8-9,11H,4,7H2,1-3H3. The maximum absolute atomic E-state index is 6.37. The lowest BCUT2D eigenvalue weighted by molar-refractivity contribution is 0.556. The summed E-state index contributed by atoms with van der Waals surface area (Å²) in [6.07, 6.45) is 3.44. The number of hydrogen-bond donors (Lipinski definition) is 0. The minimum atomic E-state index is 0.157. The molecule has 0 radical (unpaired) electrons. The first kappa shape index (κ1) is 12.4. The average molecular weight is 252 g/mol. The first-order valence-electron chi connectivity index (χ1n) is 5.99. The summed E-state index contributed by atoms with van der Waals surface area (Å²) in [6, 6.07) is 4.17. The van der Waals surface area contributed by atoms with Crippen LogP contribution in [-0.2, 0) is 6.42 Å². The van der Waals surface area contributed by atoms with E-state index in [0.717, 1.165) is 24.2 Å². The zero-order chi connectivity index (χ0) is 12.4. The monoisotopic (exact) mass is 251 g/mol. The van der Waals surface area contributed by atoms with Gasteiger partial charge in [-0.25, -0.2) is 9.50 Å². The van der Waals surface area contributed by atoms with Gasteiger partial charge in [0.2, 0.25) is 0 Å². The van der Waals surface area contributed by atoms with Crippen molar-refractivity contribution < 1.29 is 0 Å². The topological polar surface area (TPSA) is 30.2 Å². The van der Waals surface area contributed by atoms with Crippen molar-refractivity contribution in [1.29, 1.82) is 0 Å². The summed E-state index contributed by atoms with van der Waals surface area (Å²) in [6.45, 7) is 6.46. The van der Waals surface area contributed by atoms with Crippen molar-refractivity contribution in [2.24, 2.45) is 5.92 Å². The molecule has 0 spiro atoms. The lowest BCUT2D eigenvalue weighted by Gasteiger charge is -2.13. The average Bonchev–Trinajstić information content (AvgIpc) is 2.63. The van der Waals surface area contributed by atoms with Crippen LogP contribution in [0.2, 0.25) is 0 Å². The molecule has 0 aliphatic rings. The fourth-order valence-corrected chi connectivity index (χ4v) is 2.62. The zero-order valence-corrected chi connectivity index (χ0v) is 11.3.